The van der Waals surface area contributed by atoms with Gasteiger partial charge in [0.15, 0.2) is 0 Å². The maximum Gasteiger partial charge on any atom is 0.0181 e. The number of hydrogen-bond acceptors (Lipinski definition) is 0. The summed E-state index contributed by atoms with van der Waals surface area (Å²) in [5.74, 6) is 0. The van der Waals surface area contributed by atoms with Gasteiger partial charge in [-0.25, -0.2) is 0 Å². The highest BCUT2D eigenvalue weighted by Crippen LogP contribution is 2.27. The van der Waals surface area contributed by atoms with E-state index in [-0.39, 0.29) is 0 Å². The van der Waals surface area contributed by atoms with Crippen LogP contribution in [0, 0.1) is 13.8 Å². The maximum atomic E-state index is 3.50. The smallest absolute Gasteiger partial charge is 0.0181 e. The molecule has 0 spiro atoms. The average Bonchev–Trinajstić information content (AvgIpc) is 2.22. The van der Waals surface area contributed by atoms with Crippen LogP contribution in [-0.2, 0) is 0 Å². The summed E-state index contributed by atoms with van der Waals surface area (Å²) < 4.78 is 1.13. The van der Waals surface area contributed by atoms with Crippen molar-refractivity contribution in [2.45, 2.75) is 13.8 Å². The van der Waals surface area contributed by atoms with Gasteiger partial charge in [-0.2, -0.15) is 0 Å². The fourth-order valence-corrected chi connectivity index (χ4v) is 2.12. The van der Waals surface area contributed by atoms with Crippen molar-refractivity contribution in [3.05, 3.63) is 58.1 Å². The van der Waals surface area contributed by atoms with Crippen LogP contribution in [0.25, 0.3) is 11.1 Å². The molecule has 0 heterocycles. The largest absolute Gasteiger partial charge is 0.0614 e. The summed E-state index contributed by atoms with van der Waals surface area (Å²) in [6.07, 6.45) is 0. The Hall–Kier alpha value is -1.08. The zero-order chi connectivity index (χ0) is 10.8. The van der Waals surface area contributed by atoms with Gasteiger partial charge in [-0.3, -0.25) is 0 Å². The van der Waals surface area contributed by atoms with Crippen LogP contribution in [0.15, 0.2) is 46.9 Å². The lowest BCUT2D eigenvalue weighted by molar-refractivity contribution is 1.34. The first-order valence-electron chi connectivity index (χ1n) is 5.00. The fourth-order valence-electron chi connectivity index (χ4n) is 1.72. The molecule has 0 saturated carbocycles. The second kappa shape index (κ2) is 4.19. The number of aryl methyl sites for hydroxylation is 1. The summed E-state index contributed by atoms with van der Waals surface area (Å²) in [5, 5.41) is 0. The van der Waals surface area contributed by atoms with Crippen molar-refractivity contribution in [3.8, 4) is 11.1 Å². The maximum absolute atomic E-state index is 3.50. The minimum atomic E-state index is 1.13. The van der Waals surface area contributed by atoms with Gasteiger partial charge in [-0.15, -0.1) is 0 Å². The first-order valence-corrected chi connectivity index (χ1v) is 5.80. The average molecular weight is 261 g/mol. The monoisotopic (exact) mass is 260 g/mol. The first-order chi connectivity index (χ1) is 7.18. The quantitative estimate of drug-likeness (QED) is 0.696. The van der Waals surface area contributed by atoms with E-state index in [4.69, 9.17) is 0 Å². The minimum Gasteiger partial charge on any atom is -0.0614 e. The van der Waals surface area contributed by atoms with Crippen LogP contribution in [0.2, 0.25) is 0 Å². The van der Waals surface area contributed by atoms with Gasteiger partial charge in [0.1, 0.15) is 0 Å². The van der Waals surface area contributed by atoms with E-state index in [1.165, 1.54) is 22.3 Å². The van der Waals surface area contributed by atoms with Gasteiger partial charge < -0.3 is 0 Å². The van der Waals surface area contributed by atoms with Gasteiger partial charge in [-0.1, -0.05) is 46.3 Å². The molecule has 76 valence electrons. The third-order valence-corrected chi connectivity index (χ3v) is 3.23. The van der Waals surface area contributed by atoms with E-state index >= 15 is 0 Å². The predicted molar refractivity (Wildman–Crippen MR) is 69.1 cm³/mol. The molecule has 0 saturated heterocycles. The molecule has 2 aromatic carbocycles. The Balaban J connectivity index is 2.59. The summed E-state index contributed by atoms with van der Waals surface area (Å²) >= 11 is 3.50. The van der Waals surface area contributed by atoms with E-state index in [9.17, 15) is 0 Å². The molecule has 0 radical (unpaired) electrons. The van der Waals surface area contributed by atoms with Crippen molar-refractivity contribution in [3.63, 3.8) is 0 Å². The number of hydrogen-bond donors (Lipinski definition) is 0. The normalized spacial score (nSPS) is 10.3. The topological polar surface area (TPSA) is 0 Å². The first kappa shape index (κ1) is 10.4. The van der Waals surface area contributed by atoms with Gasteiger partial charge in [0, 0.05) is 4.47 Å². The molecule has 0 atom stereocenters. The molecule has 0 fully saturated rings. The van der Waals surface area contributed by atoms with Gasteiger partial charge in [0.25, 0.3) is 0 Å². The van der Waals surface area contributed by atoms with E-state index in [0.717, 1.165) is 4.47 Å². The zero-order valence-corrected chi connectivity index (χ0v) is 10.5. The molecule has 0 bridgehead atoms. The van der Waals surface area contributed by atoms with Gasteiger partial charge in [0.2, 0.25) is 0 Å². The number of benzene rings is 2. The highest BCUT2D eigenvalue weighted by atomic mass is 79.9. The van der Waals surface area contributed by atoms with Crippen molar-refractivity contribution in [2.24, 2.45) is 0 Å². The lowest BCUT2D eigenvalue weighted by Crippen LogP contribution is -1.86. The molecule has 0 aliphatic rings. The van der Waals surface area contributed by atoms with Gasteiger partial charge in [0.05, 0.1) is 0 Å². The van der Waals surface area contributed by atoms with E-state index in [2.05, 4.69) is 72.2 Å². The summed E-state index contributed by atoms with van der Waals surface area (Å²) in [5.41, 5.74) is 5.28. The molecule has 2 aromatic rings. The van der Waals surface area contributed by atoms with Crippen molar-refractivity contribution < 1.29 is 0 Å². The molecule has 0 aliphatic heterocycles. The van der Waals surface area contributed by atoms with Crippen molar-refractivity contribution in [1.82, 2.24) is 0 Å². The highest BCUT2D eigenvalue weighted by Gasteiger charge is 2.03. The summed E-state index contributed by atoms with van der Waals surface area (Å²) in [6.45, 7) is 4.32. The lowest BCUT2D eigenvalue weighted by Gasteiger charge is -2.08. The van der Waals surface area contributed by atoms with E-state index < -0.39 is 0 Å². The second-order valence-corrected chi connectivity index (χ2v) is 4.67. The molecule has 0 unspecified atom stereocenters. The zero-order valence-electron chi connectivity index (χ0n) is 8.92. The van der Waals surface area contributed by atoms with Crippen LogP contribution in [-0.4, -0.2) is 0 Å². The third-order valence-electron chi connectivity index (χ3n) is 2.74. The van der Waals surface area contributed by atoms with Crippen LogP contribution in [0.5, 0.6) is 0 Å². The highest BCUT2D eigenvalue weighted by molar-refractivity contribution is 9.10. The number of rotatable bonds is 1. The SMILES string of the molecule is Cc1cccc(-c2cccc(Br)c2)c1C. The van der Waals surface area contributed by atoms with Gasteiger partial charge >= 0.3 is 0 Å². The molecule has 0 aliphatic carbocycles. The molecular weight excluding hydrogens is 248 g/mol. The Bertz CT molecular complexity index is 486. The lowest BCUT2D eigenvalue weighted by atomic mass is 9.97. The van der Waals surface area contributed by atoms with Crippen LogP contribution in [0.1, 0.15) is 11.1 Å². The summed E-state index contributed by atoms with van der Waals surface area (Å²) in [4.78, 5) is 0. The Morgan fingerprint density at radius 1 is 0.933 bits per heavy atom. The predicted octanol–water partition coefficient (Wildman–Crippen LogP) is 4.73. The van der Waals surface area contributed by atoms with Gasteiger partial charge in [-0.05, 0) is 48.2 Å². The third kappa shape index (κ3) is 2.13. The fraction of sp³-hybridized carbons (Fsp3) is 0.143. The Morgan fingerprint density at radius 3 is 2.40 bits per heavy atom. The summed E-state index contributed by atoms with van der Waals surface area (Å²) in [7, 11) is 0. The summed E-state index contributed by atoms with van der Waals surface area (Å²) in [6, 6.07) is 14.9. The standard InChI is InChI=1S/C14H13Br/c1-10-5-3-8-14(11(10)2)12-6-4-7-13(15)9-12/h3-9H,1-2H3. The van der Waals surface area contributed by atoms with Crippen LogP contribution < -0.4 is 0 Å². The molecule has 15 heavy (non-hydrogen) atoms. The van der Waals surface area contributed by atoms with Crippen LogP contribution >= 0.6 is 15.9 Å². The molecule has 2 rings (SSSR count). The Labute approximate surface area is 99.1 Å². The van der Waals surface area contributed by atoms with Crippen molar-refractivity contribution in [1.29, 1.82) is 0 Å². The second-order valence-electron chi connectivity index (χ2n) is 3.76. The molecule has 0 N–H and O–H groups in total. The van der Waals surface area contributed by atoms with Crippen LogP contribution in [0.4, 0.5) is 0 Å². The minimum absolute atomic E-state index is 1.13. The molecule has 1 heteroatoms. The molecular formula is C14H13Br. The number of halogens is 1. The van der Waals surface area contributed by atoms with Crippen LogP contribution in [0.3, 0.4) is 0 Å². The van der Waals surface area contributed by atoms with E-state index in [1.54, 1.807) is 0 Å². The molecule has 0 amide bonds. The van der Waals surface area contributed by atoms with Crippen molar-refractivity contribution >= 4 is 15.9 Å². The Kier molecular flexibility index (Phi) is 2.92. The Morgan fingerprint density at radius 2 is 1.67 bits per heavy atom. The molecule has 0 nitrogen and oxygen atoms in total. The van der Waals surface area contributed by atoms with E-state index in [1.807, 2.05) is 0 Å². The molecule has 0 aromatic heterocycles. The van der Waals surface area contributed by atoms with E-state index in [0.29, 0.717) is 0 Å². The van der Waals surface area contributed by atoms with Crippen molar-refractivity contribution in [2.75, 3.05) is 0 Å².